The van der Waals surface area contributed by atoms with Gasteiger partial charge in [0.15, 0.2) is 0 Å². The molecule has 0 aliphatic carbocycles. The number of aryl methyl sites for hydroxylation is 2. The summed E-state index contributed by atoms with van der Waals surface area (Å²) in [5.41, 5.74) is 7.87. The van der Waals surface area contributed by atoms with Crippen molar-refractivity contribution in [3.63, 3.8) is 0 Å². The number of rotatable bonds is 2. The van der Waals surface area contributed by atoms with Gasteiger partial charge in [0, 0.05) is 36.3 Å². The van der Waals surface area contributed by atoms with Crippen LogP contribution in [0.4, 0.5) is 0 Å². The molecule has 1 aliphatic heterocycles. The molecule has 20 heavy (non-hydrogen) atoms. The number of thiol groups is 1. The fourth-order valence-corrected chi connectivity index (χ4v) is 3.72. The van der Waals surface area contributed by atoms with E-state index >= 15 is 0 Å². The Balaban J connectivity index is 2.28. The summed E-state index contributed by atoms with van der Waals surface area (Å²) >= 11 is 4.61. The molecule has 2 heterocycles. The summed E-state index contributed by atoms with van der Waals surface area (Å²) in [6.45, 7) is 9.82. The first-order valence-electron chi connectivity index (χ1n) is 7.38. The van der Waals surface area contributed by atoms with E-state index in [2.05, 4.69) is 50.4 Å². The molecular weight excluding hydrogens is 264 g/mol. The van der Waals surface area contributed by atoms with Crippen LogP contribution in [0.1, 0.15) is 34.9 Å². The molecule has 0 atom stereocenters. The normalized spacial score (nSPS) is 15.6. The van der Waals surface area contributed by atoms with E-state index in [1.807, 2.05) is 0 Å². The van der Waals surface area contributed by atoms with Crippen LogP contribution in [0, 0.1) is 13.8 Å². The summed E-state index contributed by atoms with van der Waals surface area (Å²) < 4.78 is 0. The van der Waals surface area contributed by atoms with Crippen LogP contribution in [0.15, 0.2) is 12.1 Å². The van der Waals surface area contributed by atoms with Gasteiger partial charge in [-0.3, -0.25) is 9.88 Å². The summed E-state index contributed by atoms with van der Waals surface area (Å²) in [7, 11) is 0. The summed E-state index contributed by atoms with van der Waals surface area (Å²) in [6.07, 6.45) is 1.06. The number of hydrogen-bond donors (Lipinski definition) is 1. The van der Waals surface area contributed by atoms with Crippen LogP contribution in [0.2, 0.25) is 0 Å². The van der Waals surface area contributed by atoms with Crippen molar-refractivity contribution in [3.05, 3.63) is 40.1 Å². The van der Waals surface area contributed by atoms with Gasteiger partial charge in [0.25, 0.3) is 0 Å². The van der Waals surface area contributed by atoms with Crippen molar-refractivity contribution in [2.45, 2.75) is 39.5 Å². The molecule has 1 aromatic carbocycles. The quantitative estimate of drug-likeness (QED) is 0.848. The predicted octanol–water partition coefficient (Wildman–Crippen LogP) is 3.66. The van der Waals surface area contributed by atoms with Crippen molar-refractivity contribution >= 4 is 23.5 Å². The first-order chi connectivity index (χ1) is 9.63. The highest BCUT2D eigenvalue weighted by molar-refractivity contribution is 7.79. The smallest absolute Gasteiger partial charge is 0.0713 e. The van der Waals surface area contributed by atoms with E-state index in [9.17, 15) is 0 Å². The van der Waals surface area contributed by atoms with Crippen molar-refractivity contribution in [3.8, 4) is 0 Å². The van der Waals surface area contributed by atoms with Crippen LogP contribution in [0.3, 0.4) is 0 Å². The minimum atomic E-state index is 0.794. The Bertz CT molecular complexity index is 664. The first-order valence-corrected chi connectivity index (χ1v) is 8.02. The topological polar surface area (TPSA) is 16.1 Å². The van der Waals surface area contributed by atoms with E-state index in [1.54, 1.807) is 0 Å². The Hall–Kier alpha value is -1.06. The summed E-state index contributed by atoms with van der Waals surface area (Å²) in [4.78, 5) is 7.45. The second kappa shape index (κ2) is 5.38. The van der Waals surface area contributed by atoms with E-state index in [-0.39, 0.29) is 0 Å². The van der Waals surface area contributed by atoms with Crippen molar-refractivity contribution in [2.75, 3.05) is 13.1 Å². The molecule has 0 spiro atoms. The Morgan fingerprint density at radius 3 is 2.80 bits per heavy atom. The number of likely N-dealkylation sites (N-methyl/N-ethyl adjacent to an activating group) is 1. The molecule has 2 nitrogen and oxygen atoms in total. The minimum Gasteiger partial charge on any atom is -0.299 e. The average Bonchev–Trinajstić information content (AvgIpc) is 2.44. The van der Waals surface area contributed by atoms with Crippen molar-refractivity contribution < 1.29 is 0 Å². The number of hydrogen-bond acceptors (Lipinski definition) is 3. The standard InChI is InChI=1S/C17H22N2S/c1-4-19-6-5-15-13(9-19)14(10-20)17-12(3)7-11(2)8-16(17)18-15/h7-8,20H,4-6,9-10H2,1-3H3. The summed E-state index contributed by atoms with van der Waals surface area (Å²) in [5.74, 6) is 0.794. The molecule has 2 aromatic rings. The first kappa shape index (κ1) is 13.9. The van der Waals surface area contributed by atoms with Crippen molar-refractivity contribution in [1.82, 2.24) is 9.88 Å². The van der Waals surface area contributed by atoms with Gasteiger partial charge >= 0.3 is 0 Å². The molecule has 0 unspecified atom stereocenters. The Labute approximate surface area is 126 Å². The van der Waals surface area contributed by atoms with E-state index < -0.39 is 0 Å². The van der Waals surface area contributed by atoms with Crippen molar-refractivity contribution in [2.24, 2.45) is 0 Å². The monoisotopic (exact) mass is 286 g/mol. The fourth-order valence-electron chi connectivity index (χ4n) is 3.37. The third-order valence-electron chi connectivity index (χ3n) is 4.38. The molecule has 0 saturated heterocycles. The van der Waals surface area contributed by atoms with Crippen molar-refractivity contribution in [1.29, 1.82) is 0 Å². The minimum absolute atomic E-state index is 0.794. The van der Waals surface area contributed by atoms with Gasteiger partial charge in [-0.1, -0.05) is 13.0 Å². The lowest BCUT2D eigenvalue weighted by Crippen LogP contribution is -2.31. The van der Waals surface area contributed by atoms with Crippen LogP contribution in [-0.2, 0) is 18.7 Å². The van der Waals surface area contributed by atoms with Gasteiger partial charge in [0.1, 0.15) is 0 Å². The third-order valence-corrected chi connectivity index (χ3v) is 4.70. The van der Waals surface area contributed by atoms with E-state index in [0.717, 1.165) is 37.3 Å². The van der Waals surface area contributed by atoms with Gasteiger partial charge < -0.3 is 0 Å². The molecule has 3 heteroatoms. The van der Waals surface area contributed by atoms with E-state index in [4.69, 9.17) is 4.98 Å². The highest BCUT2D eigenvalue weighted by Crippen LogP contribution is 2.31. The molecular formula is C17H22N2S. The van der Waals surface area contributed by atoms with E-state index in [0.29, 0.717) is 0 Å². The van der Waals surface area contributed by atoms with Gasteiger partial charge in [0.2, 0.25) is 0 Å². The van der Waals surface area contributed by atoms with Crippen LogP contribution in [-0.4, -0.2) is 23.0 Å². The van der Waals surface area contributed by atoms with Gasteiger partial charge in [-0.05, 0) is 48.7 Å². The zero-order valence-electron chi connectivity index (χ0n) is 12.5. The number of fused-ring (bicyclic) bond motifs is 2. The van der Waals surface area contributed by atoms with E-state index in [1.165, 1.54) is 33.3 Å². The molecule has 0 radical (unpaired) electrons. The molecule has 0 fully saturated rings. The second-order valence-corrected chi connectivity index (χ2v) is 6.08. The summed E-state index contributed by atoms with van der Waals surface area (Å²) in [5, 5.41) is 1.32. The largest absolute Gasteiger partial charge is 0.299 e. The molecule has 3 rings (SSSR count). The third kappa shape index (κ3) is 2.23. The second-order valence-electron chi connectivity index (χ2n) is 5.77. The number of pyridine rings is 1. The SMILES string of the molecule is CCN1CCc2nc3cc(C)cc(C)c3c(CS)c2C1. The van der Waals surface area contributed by atoms with Crippen LogP contribution in [0.5, 0.6) is 0 Å². The Morgan fingerprint density at radius 2 is 2.10 bits per heavy atom. The maximum atomic E-state index is 4.95. The van der Waals surface area contributed by atoms with Gasteiger partial charge in [0.05, 0.1) is 5.52 Å². The maximum absolute atomic E-state index is 4.95. The highest BCUT2D eigenvalue weighted by Gasteiger charge is 2.21. The predicted molar refractivity (Wildman–Crippen MR) is 88.6 cm³/mol. The molecule has 0 saturated carbocycles. The fraction of sp³-hybridized carbons (Fsp3) is 0.471. The lowest BCUT2D eigenvalue weighted by Gasteiger charge is -2.29. The van der Waals surface area contributed by atoms with Crippen LogP contribution >= 0.6 is 12.6 Å². The Kier molecular flexibility index (Phi) is 3.74. The van der Waals surface area contributed by atoms with Crippen LogP contribution < -0.4 is 0 Å². The molecule has 1 aromatic heterocycles. The van der Waals surface area contributed by atoms with Gasteiger partial charge in [-0.15, -0.1) is 0 Å². The maximum Gasteiger partial charge on any atom is 0.0713 e. The highest BCUT2D eigenvalue weighted by atomic mass is 32.1. The van der Waals surface area contributed by atoms with Crippen LogP contribution in [0.25, 0.3) is 10.9 Å². The number of nitrogens with zero attached hydrogens (tertiary/aromatic N) is 2. The Morgan fingerprint density at radius 1 is 1.30 bits per heavy atom. The average molecular weight is 286 g/mol. The molecule has 0 bridgehead atoms. The molecule has 106 valence electrons. The molecule has 0 N–H and O–H groups in total. The van der Waals surface area contributed by atoms with Gasteiger partial charge in [-0.2, -0.15) is 12.6 Å². The van der Waals surface area contributed by atoms with Gasteiger partial charge in [-0.25, -0.2) is 0 Å². The zero-order valence-corrected chi connectivity index (χ0v) is 13.4. The summed E-state index contributed by atoms with van der Waals surface area (Å²) in [6, 6.07) is 4.46. The molecule has 0 amide bonds. The lowest BCUT2D eigenvalue weighted by molar-refractivity contribution is 0.265. The number of aromatic nitrogens is 1. The number of benzene rings is 1. The molecule has 1 aliphatic rings. The zero-order chi connectivity index (χ0) is 14.3. The lowest BCUT2D eigenvalue weighted by atomic mass is 9.94.